The van der Waals surface area contributed by atoms with Gasteiger partial charge in [-0.2, -0.15) is 8.78 Å². The third kappa shape index (κ3) is 3.23. The monoisotopic (exact) mass is 453 g/mol. The van der Waals surface area contributed by atoms with Crippen LogP contribution in [0.1, 0.15) is 36.2 Å². The lowest BCUT2D eigenvalue weighted by atomic mass is 9.95. The molecule has 1 aliphatic heterocycles. The molecule has 2 aromatic carbocycles. The fraction of sp³-hybridized carbons (Fsp3) is 0.263. The Morgan fingerprint density at radius 2 is 2.11 bits per heavy atom. The van der Waals surface area contributed by atoms with Gasteiger partial charge in [-0.3, -0.25) is 0 Å². The quantitative estimate of drug-likeness (QED) is 0.589. The maximum absolute atomic E-state index is 13.9. The van der Waals surface area contributed by atoms with Crippen LogP contribution < -0.4 is 9.84 Å². The van der Waals surface area contributed by atoms with Crippen molar-refractivity contribution in [3.05, 3.63) is 58.1 Å². The van der Waals surface area contributed by atoms with Crippen molar-refractivity contribution in [1.29, 1.82) is 0 Å². The molecular formula is C19H13BrF3N2O3-. The van der Waals surface area contributed by atoms with Crippen molar-refractivity contribution < 1.29 is 27.8 Å². The van der Waals surface area contributed by atoms with Crippen molar-refractivity contribution >= 4 is 32.9 Å². The highest BCUT2D eigenvalue weighted by molar-refractivity contribution is 9.10. The van der Waals surface area contributed by atoms with Gasteiger partial charge in [0.15, 0.2) is 0 Å². The normalized spacial score (nSPS) is 18.6. The van der Waals surface area contributed by atoms with Crippen LogP contribution in [0.4, 0.5) is 13.2 Å². The van der Waals surface area contributed by atoms with E-state index in [4.69, 9.17) is 0 Å². The molecule has 2 atom stereocenters. The number of halogens is 4. The standard InChI is InChI=1S/C19H14BrF3N2O3/c20-11-7-15-13(8-12(11)21)24-18-9(6-17(26)27)5-14(25(15)18)10-3-1-2-4-16(10)28-19(22)23/h1-4,7-9,14,19H,5-6H2,(H,26,27)/p-1. The summed E-state index contributed by atoms with van der Waals surface area (Å²) in [5.74, 6) is -1.78. The average Bonchev–Trinajstić information content (AvgIpc) is 3.13. The van der Waals surface area contributed by atoms with Crippen molar-refractivity contribution in [3.63, 3.8) is 0 Å². The highest BCUT2D eigenvalue weighted by atomic mass is 79.9. The van der Waals surface area contributed by atoms with Crippen LogP contribution in [-0.2, 0) is 4.79 Å². The number of aromatic nitrogens is 2. The summed E-state index contributed by atoms with van der Waals surface area (Å²) in [6, 6.07) is 8.66. The smallest absolute Gasteiger partial charge is 0.387 e. The Balaban J connectivity index is 1.90. The van der Waals surface area contributed by atoms with Gasteiger partial charge < -0.3 is 19.2 Å². The minimum absolute atomic E-state index is 0.00516. The number of rotatable bonds is 5. The number of ether oxygens (including phenoxy) is 1. The molecule has 0 aliphatic carbocycles. The maximum Gasteiger partial charge on any atom is 0.387 e. The van der Waals surface area contributed by atoms with Crippen LogP contribution in [-0.4, -0.2) is 22.1 Å². The lowest BCUT2D eigenvalue weighted by molar-refractivity contribution is -0.306. The number of alkyl halides is 2. The van der Waals surface area contributed by atoms with Crippen molar-refractivity contribution in [2.24, 2.45) is 0 Å². The van der Waals surface area contributed by atoms with E-state index in [0.29, 0.717) is 28.8 Å². The molecule has 1 aliphatic rings. The van der Waals surface area contributed by atoms with E-state index in [1.54, 1.807) is 28.8 Å². The number of nitrogens with zero attached hydrogens (tertiary/aromatic N) is 2. The summed E-state index contributed by atoms with van der Waals surface area (Å²) in [4.78, 5) is 15.6. The SMILES string of the molecule is O=C([O-])CC1CC(c2ccccc2OC(F)F)n2c1nc1cc(F)c(Br)cc12. The van der Waals surface area contributed by atoms with Crippen LogP contribution in [0, 0.1) is 5.82 Å². The Hall–Kier alpha value is -2.55. The van der Waals surface area contributed by atoms with Crippen molar-refractivity contribution in [3.8, 4) is 5.75 Å². The molecule has 0 amide bonds. The summed E-state index contributed by atoms with van der Waals surface area (Å²) in [6.07, 6.45) is 0.0478. The van der Waals surface area contributed by atoms with Gasteiger partial charge in [-0.1, -0.05) is 18.2 Å². The van der Waals surface area contributed by atoms with E-state index in [9.17, 15) is 23.1 Å². The van der Waals surface area contributed by atoms with Crippen LogP contribution in [0.15, 0.2) is 40.9 Å². The van der Waals surface area contributed by atoms with Gasteiger partial charge in [-0.05, 0) is 40.9 Å². The van der Waals surface area contributed by atoms with Gasteiger partial charge in [-0.15, -0.1) is 0 Å². The van der Waals surface area contributed by atoms with Gasteiger partial charge in [0.05, 0.1) is 21.5 Å². The largest absolute Gasteiger partial charge is 0.550 e. The van der Waals surface area contributed by atoms with E-state index in [1.165, 1.54) is 12.1 Å². The summed E-state index contributed by atoms with van der Waals surface area (Å²) in [5.41, 5.74) is 1.40. The lowest BCUT2D eigenvalue weighted by Gasteiger charge is -2.19. The van der Waals surface area contributed by atoms with Gasteiger partial charge >= 0.3 is 6.61 Å². The van der Waals surface area contributed by atoms with Gasteiger partial charge in [0.25, 0.3) is 0 Å². The summed E-state index contributed by atoms with van der Waals surface area (Å²) in [6.45, 7) is -3.00. The molecule has 0 spiro atoms. The number of para-hydroxylation sites is 1. The molecule has 2 unspecified atom stereocenters. The molecule has 0 radical (unpaired) electrons. The molecule has 0 saturated heterocycles. The van der Waals surface area contributed by atoms with E-state index < -0.39 is 30.4 Å². The molecule has 146 valence electrons. The molecule has 4 rings (SSSR count). The minimum Gasteiger partial charge on any atom is -0.550 e. The number of fused-ring (bicyclic) bond motifs is 3. The molecule has 5 nitrogen and oxygen atoms in total. The van der Waals surface area contributed by atoms with Crippen LogP contribution in [0.3, 0.4) is 0 Å². The zero-order valence-corrected chi connectivity index (χ0v) is 15.8. The average molecular weight is 454 g/mol. The van der Waals surface area contributed by atoms with E-state index >= 15 is 0 Å². The van der Waals surface area contributed by atoms with Gasteiger partial charge in [0.2, 0.25) is 0 Å². The highest BCUT2D eigenvalue weighted by Crippen LogP contribution is 2.46. The predicted octanol–water partition coefficient (Wildman–Crippen LogP) is 3.76. The first kappa shape index (κ1) is 18.8. The summed E-state index contributed by atoms with van der Waals surface area (Å²) < 4.78 is 46.3. The van der Waals surface area contributed by atoms with E-state index in [-0.39, 0.29) is 16.6 Å². The molecular weight excluding hydrogens is 441 g/mol. The summed E-state index contributed by atoms with van der Waals surface area (Å²) in [5, 5.41) is 11.2. The lowest BCUT2D eigenvalue weighted by Crippen LogP contribution is -2.24. The van der Waals surface area contributed by atoms with E-state index in [1.807, 2.05) is 0 Å². The van der Waals surface area contributed by atoms with Crippen molar-refractivity contribution in [2.45, 2.75) is 31.4 Å². The van der Waals surface area contributed by atoms with E-state index in [2.05, 4.69) is 25.7 Å². The molecule has 3 aromatic rings. The maximum atomic E-state index is 13.9. The number of benzene rings is 2. The molecule has 28 heavy (non-hydrogen) atoms. The van der Waals surface area contributed by atoms with Crippen LogP contribution >= 0.6 is 15.9 Å². The Kier molecular flexibility index (Phi) is 4.78. The van der Waals surface area contributed by atoms with Gasteiger partial charge in [0, 0.05) is 23.5 Å². The zero-order chi connectivity index (χ0) is 20.0. The number of carboxylic acid groups (broad SMARTS) is 1. The van der Waals surface area contributed by atoms with E-state index in [0.717, 1.165) is 0 Å². The fourth-order valence-electron chi connectivity index (χ4n) is 3.81. The number of hydrogen-bond acceptors (Lipinski definition) is 4. The second-order valence-corrected chi connectivity index (χ2v) is 7.39. The fourth-order valence-corrected chi connectivity index (χ4v) is 4.14. The number of hydrogen-bond donors (Lipinski definition) is 0. The second-order valence-electron chi connectivity index (χ2n) is 6.54. The van der Waals surface area contributed by atoms with Crippen LogP contribution in [0.25, 0.3) is 11.0 Å². The third-order valence-electron chi connectivity index (χ3n) is 4.85. The Bertz CT molecular complexity index is 1070. The number of carbonyl (C=O) groups excluding carboxylic acids is 1. The van der Waals surface area contributed by atoms with Crippen LogP contribution in [0.5, 0.6) is 5.75 Å². The zero-order valence-electron chi connectivity index (χ0n) is 14.2. The van der Waals surface area contributed by atoms with Gasteiger partial charge in [0.1, 0.15) is 17.4 Å². The summed E-state index contributed by atoms with van der Waals surface area (Å²) in [7, 11) is 0. The first-order valence-electron chi connectivity index (χ1n) is 8.45. The number of aliphatic carboxylic acids is 1. The third-order valence-corrected chi connectivity index (χ3v) is 5.46. The topological polar surface area (TPSA) is 67.2 Å². The number of carbonyl (C=O) groups is 1. The Morgan fingerprint density at radius 1 is 1.36 bits per heavy atom. The first-order valence-corrected chi connectivity index (χ1v) is 9.25. The van der Waals surface area contributed by atoms with Crippen LogP contribution in [0.2, 0.25) is 0 Å². The minimum atomic E-state index is -3.00. The Morgan fingerprint density at radius 3 is 2.82 bits per heavy atom. The molecule has 2 heterocycles. The summed E-state index contributed by atoms with van der Waals surface area (Å²) >= 11 is 3.14. The van der Waals surface area contributed by atoms with Crippen molar-refractivity contribution in [2.75, 3.05) is 0 Å². The van der Waals surface area contributed by atoms with Crippen molar-refractivity contribution in [1.82, 2.24) is 9.55 Å². The first-order chi connectivity index (χ1) is 13.3. The number of carboxylic acids is 1. The molecule has 0 bridgehead atoms. The molecule has 1 aromatic heterocycles. The molecule has 9 heteroatoms. The number of imidazole rings is 1. The Labute approximate surface area is 165 Å². The molecule has 0 saturated carbocycles. The molecule has 0 N–H and O–H groups in total. The molecule has 0 fully saturated rings. The van der Waals surface area contributed by atoms with Gasteiger partial charge in [-0.25, -0.2) is 9.37 Å². The highest BCUT2D eigenvalue weighted by Gasteiger charge is 2.36. The second kappa shape index (κ2) is 7.12. The predicted molar refractivity (Wildman–Crippen MR) is 95.6 cm³/mol.